The Morgan fingerprint density at radius 2 is 1.32 bits per heavy atom. The third-order valence-electron chi connectivity index (χ3n) is 4.38. The Balaban J connectivity index is 3.81. The molecule has 0 fully saturated rings. The number of hydrogen-bond acceptors (Lipinski definition) is 4. The van der Waals surface area contributed by atoms with E-state index in [0.29, 0.717) is 0 Å². The van der Waals surface area contributed by atoms with Crippen LogP contribution in [0.5, 0.6) is 0 Å². The van der Waals surface area contributed by atoms with Crippen LogP contribution in [-0.4, -0.2) is 74.0 Å². The predicted octanol–water partition coefficient (Wildman–Crippen LogP) is 1.27. The van der Waals surface area contributed by atoms with E-state index in [2.05, 4.69) is 4.74 Å². The summed E-state index contributed by atoms with van der Waals surface area (Å²) < 4.78 is 115. The molecule has 0 aliphatic carbocycles. The summed E-state index contributed by atoms with van der Waals surface area (Å²) in [5, 5.41) is 0. The van der Waals surface area contributed by atoms with Crippen molar-refractivity contribution in [3.8, 4) is 0 Å². The van der Waals surface area contributed by atoms with Gasteiger partial charge in [0.05, 0.1) is 36.9 Å². The minimum atomic E-state index is -6.47. The van der Waals surface area contributed by atoms with E-state index in [0.717, 1.165) is 6.07 Å². The smallest absolute Gasteiger partial charge is 0.435 e. The molecular weight excluding hydrogens is 449 g/mol. The summed E-state index contributed by atoms with van der Waals surface area (Å²) in [5.74, 6) is -5.21. The van der Waals surface area contributed by atoms with Crippen molar-refractivity contribution in [1.29, 1.82) is 0 Å². The molecule has 0 amide bonds. The van der Waals surface area contributed by atoms with Crippen LogP contribution < -0.4 is 0 Å². The fraction of sp³-hybridized carbons (Fsp3) is 0.533. The van der Waals surface area contributed by atoms with E-state index in [9.17, 15) is 39.6 Å². The zero-order valence-corrected chi connectivity index (χ0v) is 16.5. The number of esters is 1. The molecule has 0 atom stereocenters. The van der Waals surface area contributed by atoms with Crippen LogP contribution in [0.1, 0.15) is 32.6 Å². The van der Waals surface area contributed by atoms with Crippen molar-refractivity contribution in [2.24, 2.45) is 0 Å². The number of carbonyl (C=O) groups excluding carboxylic acids is 1. The summed E-state index contributed by atoms with van der Waals surface area (Å²) in [6.07, 6.45) is -14.3. The molecule has 0 heterocycles. The molecule has 162 valence electrons. The summed E-state index contributed by atoms with van der Waals surface area (Å²) in [6.45, 7) is 0. The van der Waals surface area contributed by atoms with Gasteiger partial charge in [0.25, 0.3) is 10.1 Å². The van der Waals surface area contributed by atoms with Gasteiger partial charge in [0.1, 0.15) is 5.75 Å². The van der Waals surface area contributed by atoms with Crippen molar-refractivity contribution in [3.63, 3.8) is 0 Å². The van der Waals surface area contributed by atoms with Crippen molar-refractivity contribution < 1.29 is 48.8 Å². The number of benzene rings is 1. The maximum Gasteiger partial charge on any atom is 0.438 e. The number of alkyl halides is 6. The van der Waals surface area contributed by atoms with Gasteiger partial charge < -0.3 is 4.74 Å². The quantitative estimate of drug-likeness (QED) is 0.273. The first-order valence-electron chi connectivity index (χ1n) is 8.28. The molecule has 5 nitrogen and oxygen atoms in total. The molecule has 0 aliphatic rings. The van der Waals surface area contributed by atoms with Crippen molar-refractivity contribution in [3.05, 3.63) is 33.9 Å². The van der Waals surface area contributed by atoms with Gasteiger partial charge in [0.2, 0.25) is 0 Å². The van der Waals surface area contributed by atoms with Gasteiger partial charge in [-0.15, -0.1) is 0 Å². The van der Waals surface area contributed by atoms with E-state index in [1.807, 2.05) is 0 Å². The monoisotopic (exact) mass is 462 g/mol. The highest BCUT2D eigenvalue weighted by atomic mass is 32.2. The molecule has 0 bridgehead atoms. The molecule has 31 heavy (non-hydrogen) atoms. The number of ether oxygens (including phenoxy) is 1. The fourth-order valence-corrected chi connectivity index (χ4v) is 3.82. The molecule has 0 spiro atoms. The zero-order chi connectivity index (χ0) is 24.4. The molecule has 8 radical (unpaired) electrons. The van der Waals surface area contributed by atoms with Crippen LogP contribution in [0.25, 0.3) is 0 Å². The van der Waals surface area contributed by atoms with E-state index in [-0.39, 0.29) is 41.2 Å². The number of halogens is 6. The molecule has 0 aromatic heterocycles. The predicted molar refractivity (Wildman–Crippen MR) is 101 cm³/mol. The van der Waals surface area contributed by atoms with E-state index >= 15 is 0 Å². The Kier molecular flexibility index (Phi) is 8.43. The molecule has 1 aromatic rings. The van der Waals surface area contributed by atoms with Crippen LogP contribution in [0.15, 0.2) is 6.07 Å². The van der Waals surface area contributed by atoms with Crippen molar-refractivity contribution in [2.75, 3.05) is 5.75 Å². The standard InChI is InChI=1S/C15H12B4F6O5S/c16-2-7-1-8(10(4-18)11(5-19)9(7)3-17)12(26)30-13(14(20,21)22,15(23,24)25)6-31(27,28)29/h1H,2-6H2,(H,27,28,29). The minimum Gasteiger partial charge on any atom is -0.435 e. The molecule has 0 saturated carbocycles. The molecule has 16 heteroatoms. The number of rotatable bonds is 8. The van der Waals surface area contributed by atoms with Gasteiger partial charge in [0.15, 0.2) is 0 Å². The van der Waals surface area contributed by atoms with E-state index in [1.165, 1.54) is 0 Å². The number of hydrogen-bond donors (Lipinski definition) is 1. The summed E-state index contributed by atoms with van der Waals surface area (Å²) in [5.41, 5.74) is -6.22. The molecule has 1 aromatic carbocycles. The number of carbonyl (C=O) groups is 1. The summed E-state index contributed by atoms with van der Waals surface area (Å²) in [4.78, 5) is 12.5. The lowest BCUT2D eigenvalue weighted by molar-refractivity contribution is -0.356. The SMILES string of the molecule is [B]Cc1cc(C(=O)OC(CS(=O)(=O)O)(C(F)(F)F)C(F)(F)F)c(C[B])c(C[B])c1C[B]. The van der Waals surface area contributed by atoms with Crippen molar-refractivity contribution in [2.45, 2.75) is 43.2 Å². The highest BCUT2D eigenvalue weighted by Gasteiger charge is 2.76. The van der Waals surface area contributed by atoms with Gasteiger partial charge >= 0.3 is 23.9 Å². The van der Waals surface area contributed by atoms with Crippen LogP contribution in [-0.2, 0) is 40.1 Å². The van der Waals surface area contributed by atoms with Crippen molar-refractivity contribution in [1.82, 2.24) is 0 Å². The molecule has 0 aliphatic heterocycles. The Labute approximate surface area is 179 Å². The molecular formula is C15H12B4F6O5S. The first-order chi connectivity index (χ1) is 14.0. The summed E-state index contributed by atoms with van der Waals surface area (Å²) in [6, 6.07) is 0.844. The Bertz CT molecular complexity index is 919. The van der Waals surface area contributed by atoms with Gasteiger partial charge in [-0.05, 0) is 11.6 Å². The molecule has 0 saturated heterocycles. The minimum absolute atomic E-state index is 0.0688. The summed E-state index contributed by atoms with van der Waals surface area (Å²) in [7, 11) is 16.2. The zero-order valence-electron chi connectivity index (χ0n) is 15.7. The van der Waals surface area contributed by atoms with Crippen LogP contribution in [0.3, 0.4) is 0 Å². The van der Waals surface area contributed by atoms with Gasteiger partial charge in [0, 0.05) is 0 Å². The largest absolute Gasteiger partial charge is 0.438 e. The van der Waals surface area contributed by atoms with Crippen LogP contribution >= 0.6 is 0 Å². The van der Waals surface area contributed by atoms with Crippen molar-refractivity contribution >= 4 is 47.5 Å². The van der Waals surface area contributed by atoms with E-state index in [4.69, 9.17) is 35.9 Å². The fourth-order valence-electron chi connectivity index (χ4n) is 2.92. The van der Waals surface area contributed by atoms with E-state index in [1.54, 1.807) is 0 Å². The Morgan fingerprint density at radius 1 is 0.871 bits per heavy atom. The van der Waals surface area contributed by atoms with Crippen LogP contribution in [0.2, 0.25) is 0 Å². The topological polar surface area (TPSA) is 80.7 Å². The lowest BCUT2D eigenvalue weighted by Gasteiger charge is -2.35. The van der Waals surface area contributed by atoms with Gasteiger partial charge in [-0.2, -0.15) is 34.8 Å². The highest BCUT2D eigenvalue weighted by molar-refractivity contribution is 7.85. The van der Waals surface area contributed by atoms with Crippen LogP contribution in [0, 0.1) is 0 Å². The second kappa shape index (κ2) is 9.51. The van der Waals surface area contributed by atoms with Gasteiger partial charge in [-0.1, -0.05) is 42.0 Å². The second-order valence-electron chi connectivity index (χ2n) is 6.27. The van der Waals surface area contributed by atoms with E-state index < -0.39 is 51.7 Å². The first-order valence-corrected chi connectivity index (χ1v) is 9.89. The maximum atomic E-state index is 13.4. The van der Waals surface area contributed by atoms with Gasteiger partial charge in [-0.3, -0.25) is 4.55 Å². The van der Waals surface area contributed by atoms with Crippen LogP contribution in [0.4, 0.5) is 26.3 Å². The third-order valence-corrected chi connectivity index (χ3v) is 5.15. The lowest BCUT2D eigenvalue weighted by atomic mass is 9.74. The lowest BCUT2D eigenvalue weighted by Crippen LogP contribution is -2.63. The second-order valence-corrected chi connectivity index (χ2v) is 7.73. The highest BCUT2D eigenvalue weighted by Crippen LogP contribution is 2.47. The third kappa shape index (κ3) is 5.63. The Hall–Kier alpha value is -1.56. The molecule has 1 N–H and O–H groups in total. The normalized spacial score (nSPS) is 13.3. The molecule has 0 unspecified atom stereocenters. The average Bonchev–Trinajstić information content (AvgIpc) is 2.62. The first kappa shape index (κ1) is 27.5. The average molecular weight is 462 g/mol. The Morgan fingerprint density at radius 3 is 1.65 bits per heavy atom. The maximum absolute atomic E-state index is 13.4. The van der Waals surface area contributed by atoms with Gasteiger partial charge in [-0.25, -0.2) is 4.79 Å². The molecule has 1 rings (SSSR count). The summed E-state index contributed by atoms with van der Waals surface area (Å²) >= 11 is 0.